The van der Waals surface area contributed by atoms with Crippen LogP contribution in [0.15, 0.2) is 0 Å². The van der Waals surface area contributed by atoms with Gasteiger partial charge in [-0.05, 0) is 25.2 Å². The average Bonchev–Trinajstić information content (AvgIpc) is 1.96. The molecular formula is C8H13NO. The van der Waals surface area contributed by atoms with E-state index >= 15 is 0 Å². The second-order valence-corrected chi connectivity index (χ2v) is 3.18. The van der Waals surface area contributed by atoms with E-state index in [4.69, 9.17) is 5.26 Å². The van der Waals surface area contributed by atoms with Gasteiger partial charge >= 0.3 is 0 Å². The Morgan fingerprint density at radius 1 is 1.60 bits per heavy atom. The van der Waals surface area contributed by atoms with Crippen molar-refractivity contribution in [3.05, 3.63) is 0 Å². The van der Waals surface area contributed by atoms with Crippen LogP contribution < -0.4 is 0 Å². The summed E-state index contributed by atoms with van der Waals surface area (Å²) >= 11 is 0. The molecule has 1 aliphatic carbocycles. The molecule has 1 N–H and O–H groups in total. The van der Waals surface area contributed by atoms with Gasteiger partial charge in [-0.1, -0.05) is 13.3 Å². The molecule has 0 aliphatic heterocycles. The van der Waals surface area contributed by atoms with Crippen molar-refractivity contribution in [2.45, 2.75) is 38.2 Å². The van der Waals surface area contributed by atoms with Gasteiger partial charge in [0.15, 0.2) is 5.60 Å². The van der Waals surface area contributed by atoms with Gasteiger partial charge in [0.2, 0.25) is 0 Å². The quantitative estimate of drug-likeness (QED) is 0.516. The highest BCUT2D eigenvalue weighted by molar-refractivity contribution is 5.04. The molecule has 0 saturated heterocycles. The summed E-state index contributed by atoms with van der Waals surface area (Å²) in [4.78, 5) is 0. The van der Waals surface area contributed by atoms with Gasteiger partial charge in [-0.15, -0.1) is 0 Å². The first-order valence-electron chi connectivity index (χ1n) is 3.83. The number of nitrogens with zero attached hydrogens (tertiary/aromatic N) is 1. The molecule has 56 valence electrons. The first-order chi connectivity index (χ1) is 4.69. The maximum atomic E-state index is 9.59. The van der Waals surface area contributed by atoms with Crippen LogP contribution in [0.2, 0.25) is 0 Å². The number of hydrogen-bond acceptors (Lipinski definition) is 2. The molecule has 0 aromatic carbocycles. The number of rotatable bonds is 0. The molecule has 0 spiro atoms. The molecule has 1 saturated carbocycles. The summed E-state index contributed by atoms with van der Waals surface area (Å²) < 4.78 is 0. The SMILES string of the molecule is C[C@H]1CCCC[C@@]1(O)C#N. The number of aliphatic hydroxyl groups is 1. The zero-order chi connectivity index (χ0) is 7.61. The molecule has 1 rings (SSSR count). The first-order valence-corrected chi connectivity index (χ1v) is 3.83. The van der Waals surface area contributed by atoms with Gasteiger partial charge in [0.25, 0.3) is 0 Å². The Bertz CT molecular complexity index is 161. The summed E-state index contributed by atoms with van der Waals surface area (Å²) in [5.74, 6) is 0.159. The summed E-state index contributed by atoms with van der Waals surface area (Å²) in [5.41, 5.74) is -1.02. The molecule has 0 unspecified atom stereocenters. The maximum Gasteiger partial charge on any atom is 0.153 e. The fourth-order valence-electron chi connectivity index (χ4n) is 1.50. The Morgan fingerprint density at radius 2 is 2.30 bits per heavy atom. The van der Waals surface area contributed by atoms with E-state index < -0.39 is 5.60 Å². The van der Waals surface area contributed by atoms with Crippen LogP contribution in [0.4, 0.5) is 0 Å². The molecule has 0 aromatic rings. The van der Waals surface area contributed by atoms with Crippen molar-refractivity contribution in [1.29, 1.82) is 5.26 Å². The highest BCUT2D eigenvalue weighted by atomic mass is 16.3. The second kappa shape index (κ2) is 2.59. The van der Waals surface area contributed by atoms with E-state index in [1.165, 1.54) is 0 Å². The molecule has 2 nitrogen and oxygen atoms in total. The molecule has 2 heteroatoms. The Labute approximate surface area is 61.5 Å². The van der Waals surface area contributed by atoms with Crippen LogP contribution in [-0.2, 0) is 0 Å². The average molecular weight is 139 g/mol. The van der Waals surface area contributed by atoms with Crippen molar-refractivity contribution in [2.24, 2.45) is 5.92 Å². The molecule has 0 bridgehead atoms. The summed E-state index contributed by atoms with van der Waals surface area (Å²) in [6.45, 7) is 1.95. The first kappa shape index (κ1) is 7.56. The lowest BCUT2D eigenvalue weighted by Gasteiger charge is -2.31. The second-order valence-electron chi connectivity index (χ2n) is 3.18. The van der Waals surface area contributed by atoms with Gasteiger partial charge in [-0.25, -0.2) is 0 Å². The lowest BCUT2D eigenvalue weighted by Crippen LogP contribution is -2.37. The number of nitriles is 1. The van der Waals surface area contributed by atoms with Crippen LogP contribution in [0.5, 0.6) is 0 Å². The molecule has 0 amide bonds. The van der Waals surface area contributed by atoms with Crippen molar-refractivity contribution in [1.82, 2.24) is 0 Å². The van der Waals surface area contributed by atoms with E-state index in [0.717, 1.165) is 19.3 Å². The third kappa shape index (κ3) is 1.15. The fourth-order valence-corrected chi connectivity index (χ4v) is 1.50. The van der Waals surface area contributed by atoms with Gasteiger partial charge in [0.05, 0.1) is 6.07 Å². The highest BCUT2D eigenvalue weighted by Gasteiger charge is 2.35. The standard InChI is InChI=1S/C8H13NO/c1-7-4-2-3-5-8(7,10)6-9/h7,10H,2-5H2,1H3/t7-,8+/m0/s1. The zero-order valence-corrected chi connectivity index (χ0v) is 6.30. The number of hydrogen-bond donors (Lipinski definition) is 1. The van der Waals surface area contributed by atoms with Gasteiger partial charge in [0.1, 0.15) is 0 Å². The predicted octanol–water partition coefficient (Wildman–Crippen LogP) is 1.45. The molecule has 0 aromatic heterocycles. The van der Waals surface area contributed by atoms with Crippen LogP contribution in [0, 0.1) is 17.2 Å². The zero-order valence-electron chi connectivity index (χ0n) is 6.30. The summed E-state index contributed by atoms with van der Waals surface area (Å²) in [6.07, 6.45) is 3.80. The Morgan fingerprint density at radius 3 is 2.70 bits per heavy atom. The minimum atomic E-state index is -1.02. The van der Waals surface area contributed by atoms with E-state index in [9.17, 15) is 5.11 Å². The van der Waals surface area contributed by atoms with E-state index in [0.29, 0.717) is 6.42 Å². The van der Waals surface area contributed by atoms with Crippen LogP contribution in [0.3, 0.4) is 0 Å². The molecule has 10 heavy (non-hydrogen) atoms. The van der Waals surface area contributed by atoms with Gasteiger partial charge in [-0.2, -0.15) is 5.26 Å². The van der Waals surface area contributed by atoms with E-state index in [-0.39, 0.29) is 5.92 Å². The topological polar surface area (TPSA) is 44.0 Å². The molecule has 0 radical (unpaired) electrons. The third-order valence-electron chi connectivity index (χ3n) is 2.45. The van der Waals surface area contributed by atoms with Crippen LogP contribution in [0.1, 0.15) is 32.6 Å². The minimum Gasteiger partial charge on any atom is -0.375 e. The maximum absolute atomic E-state index is 9.59. The monoisotopic (exact) mass is 139 g/mol. The van der Waals surface area contributed by atoms with Crippen molar-refractivity contribution in [3.8, 4) is 6.07 Å². The van der Waals surface area contributed by atoms with Crippen LogP contribution in [0.25, 0.3) is 0 Å². The lowest BCUT2D eigenvalue weighted by molar-refractivity contribution is 0.0107. The predicted molar refractivity (Wildman–Crippen MR) is 38.2 cm³/mol. The van der Waals surface area contributed by atoms with Crippen molar-refractivity contribution in [2.75, 3.05) is 0 Å². The summed E-state index contributed by atoms with van der Waals surface area (Å²) in [5, 5.41) is 18.2. The van der Waals surface area contributed by atoms with Crippen molar-refractivity contribution in [3.63, 3.8) is 0 Å². The molecule has 1 fully saturated rings. The van der Waals surface area contributed by atoms with Gasteiger partial charge in [0, 0.05) is 0 Å². The summed E-state index contributed by atoms with van der Waals surface area (Å²) in [6, 6.07) is 1.99. The Kier molecular flexibility index (Phi) is 1.96. The minimum absolute atomic E-state index is 0.159. The lowest BCUT2D eigenvalue weighted by atomic mass is 9.77. The van der Waals surface area contributed by atoms with Crippen molar-refractivity contribution >= 4 is 0 Å². The Hall–Kier alpha value is -0.550. The third-order valence-corrected chi connectivity index (χ3v) is 2.45. The van der Waals surface area contributed by atoms with Crippen LogP contribution in [-0.4, -0.2) is 10.7 Å². The van der Waals surface area contributed by atoms with Gasteiger partial charge in [-0.3, -0.25) is 0 Å². The van der Waals surface area contributed by atoms with Crippen molar-refractivity contribution < 1.29 is 5.11 Å². The Balaban J connectivity index is 2.65. The van der Waals surface area contributed by atoms with Gasteiger partial charge < -0.3 is 5.11 Å². The normalized spacial score (nSPS) is 40.7. The molecule has 0 heterocycles. The molecule has 1 aliphatic rings. The van der Waals surface area contributed by atoms with E-state index in [1.54, 1.807) is 0 Å². The van der Waals surface area contributed by atoms with E-state index in [1.807, 2.05) is 13.0 Å². The molecule has 2 atom stereocenters. The summed E-state index contributed by atoms with van der Waals surface area (Å²) in [7, 11) is 0. The fraction of sp³-hybridized carbons (Fsp3) is 0.875. The van der Waals surface area contributed by atoms with Crippen LogP contribution >= 0.6 is 0 Å². The largest absolute Gasteiger partial charge is 0.375 e. The highest BCUT2D eigenvalue weighted by Crippen LogP contribution is 2.32. The molecular weight excluding hydrogens is 126 g/mol. The smallest absolute Gasteiger partial charge is 0.153 e. The van der Waals surface area contributed by atoms with E-state index in [2.05, 4.69) is 0 Å².